The molecule has 0 spiro atoms. The Morgan fingerprint density at radius 3 is 2.27 bits per heavy atom. The van der Waals surface area contributed by atoms with Crippen molar-refractivity contribution >= 4 is 21.6 Å². The molecule has 0 aliphatic carbocycles. The van der Waals surface area contributed by atoms with Crippen LogP contribution in [0.15, 0.2) is 18.2 Å². The zero-order valence-corrected chi connectivity index (χ0v) is 15.0. The van der Waals surface area contributed by atoms with Gasteiger partial charge >= 0.3 is 0 Å². The summed E-state index contributed by atoms with van der Waals surface area (Å²) >= 11 is 0. The number of carbonyl (C=O) groups is 1. The number of rotatable bonds is 6. The fourth-order valence-electron chi connectivity index (χ4n) is 1.92. The highest BCUT2D eigenvalue weighted by Crippen LogP contribution is 2.21. The summed E-state index contributed by atoms with van der Waals surface area (Å²) in [5.41, 5.74) is 2.22. The molecule has 124 valence electrons. The first-order valence-corrected chi connectivity index (χ1v) is 9.17. The van der Waals surface area contributed by atoms with Crippen LogP contribution < -0.4 is 9.62 Å². The van der Waals surface area contributed by atoms with Gasteiger partial charge in [-0.2, -0.15) is 0 Å². The number of benzene rings is 1. The molecule has 0 aromatic heterocycles. The minimum Gasteiger partial charge on any atom is -0.350 e. The van der Waals surface area contributed by atoms with Crippen molar-refractivity contribution in [3.8, 4) is 0 Å². The predicted molar refractivity (Wildman–Crippen MR) is 90.6 cm³/mol. The highest BCUT2D eigenvalue weighted by atomic mass is 32.2. The highest BCUT2D eigenvalue weighted by molar-refractivity contribution is 7.92. The van der Waals surface area contributed by atoms with Crippen molar-refractivity contribution in [1.82, 2.24) is 5.32 Å². The highest BCUT2D eigenvalue weighted by Gasteiger charge is 2.24. The molecule has 0 saturated carbocycles. The standard InChI is InChI=1S/C16H26N2O3S/c1-7-16(4,5)17-15(19)11-18(22(6,20)21)14-9-8-12(2)13(3)10-14/h8-10H,7,11H2,1-6H3,(H,17,19). The fraction of sp³-hybridized carbons (Fsp3) is 0.562. The van der Waals surface area contributed by atoms with Gasteiger partial charge < -0.3 is 5.32 Å². The Hall–Kier alpha value is -1.56. The SMILES string of the molecule is CCC(C)(C)NC(=O)CN(c1ccc(C)c(C)c1)S(C)(=O)=O. The number of anilines is 1. The Balaban J connectivity index is 3.05. The first-order chi connectivity index (χ1) is 9.96. The van der Waals surface area contributed by atoms with Crippen LogP contribution in [0.1, 0.15) is 38.3 Å². The van der Waals surface area contributed by atoms with Gasteiger partial charge in [0.15, 0.2) is 0 Å². The molecular formula is C16H26N2O3S. The van der Waals surface area contributed by atoms with Crippen LogP contribution in [0.2, 0.25) is 0 Å². The number of hydrogen-bond donors (Lipinski definition) is 1. The summed E-state index contributed by atoms with van der Waals surface area (Å²) in [5, 5.41) is 2.86. The van der Waals surface area contributed by atoms with E-state index in [1.807, 2.05) is 40.7 Å². The minimum atomic E-state index is -3.53. The molecule has 1 rings (SSSR count). The maximum Gasteiger partial charge on any atom is 0.241 e. The minimum absolute atomic E-state index is 0.217. The third-order valence-electron chi connectivity index (χ3n) is 3.83. The van der Waals surface area contributed by atoms with Crippen molar-refractivity contribution in [1.29, 1.82) is 0 Å². The van der Waals surface area contributed by atoms with E-state index in [-0.39, 0.29) is 18.0 Å². The summed E-state index contributed by atoms with van der Waals surface area (Å²) in [6, 6.07) is 5.37. The summed E-state index contributed by atoms with van der Waals surface area (Å²) < 4.78 is 25.2. The lowest BCUT2D eigenvalue weighted by molar-refractivity contribution is -0.121. The smallest absolute Gasteiger partial charge is 0.241 e. The first kappa shape index (κ1) is 18.5. The van der Waals surface area contributed by atoms with Crippen molar-refractivity contribution < 1.29 is 13.2 Å². The maximum absolute atomic E-state index is 12.2. The number of hydrogen-bond acceptors (Lipinski definition) is 3. The molecule has 0 fully saturated rings. The van der Waals surface area contributed by atoms with Gasteiger partial charge in [0.2, 0.25) is 15.9 Å². The zero-order chi connectivity index (χ0) is 17.1. The van der Waals surface area contributed by atoms with Gasteiger partial charge in [-0.25, -0.2) is 8.42 Å². The molecule has 0 radical (unpaired) electrons. The Bertz CT molecular complexity index is 651. The number of aryl methyl sites for hydroxylation is 2. The Morgan fingerprint density at radius 1 is 1.23 bits per heavy atom. The van der Waals surface area contributed by atoms with E-state index in [9.17, 15) is 13.2 Å². The molecule has 0 atom stereocenters. The molecule has 5 nitrogen and oxygen atoms in total. The van der Waals surface area contributed by atoms with Crippen LogP contribution in [0.3, 0.4) is 0 Å². The van der Waals surface area contributed by atoms with Crippen LogP contribution in [-0.2, 0) is 14.8 Å². The van der Waals surface area contributed by atoms with Crippen molar-refractivity contribution in [2.75, 3.05) is 17.1 Å². The second kappa shape index (κ2) is 6.69. The number of sulfonamides is 1. The van der Waals surface area contributed by atoms with Gasteiger partial charge in [-0.05, 0) is 57.4 Å². The lowest BCUT2D eigenvalue weighted by Crippen LogP contribution is -2.48. The summed E-state index contributed by atoms with van der Waals surface area (Å²) in [7, 11) is -3.53. The van der Waals surface area contributed by atoms with Crippen LogP contribution in [0, 0.1) is 13.8 Å². The summed E-state index contributed by atoms with van der Waals surface area (Å²) in [5.74, 6) is -0.310. The normalized spacial score (nSPS) is 12.1. The Kier molecular flexibility index (Phi) is 5.62. The lowest BCUT2D eigenvalue weighted by atomic mass is 10.0. The zero-order valence-electron chi connectivity index (χ0n) is 14.2. The predicted octanol–water partition coefficient (Wildman–Crippen LogP) is 2.37. The van der Waals surface area contributed by atoms with Gasteiger partial charge in [-0.3, -0.25) is 9.10 Å². The number of nitrogens with zero attached hydrogens (tertiary/aromatic N) is 1. The maximum atomic E-state index is 12.2. The van der Waals surface area contributed by atoms with E-state index in [1.54, 1.807) is 12.1 Å². The molecule has 1 aromatic rings. The van der Waals surface area contributed by atoms with Gasteiger partial charge in [-0.1, -0.05) is 13.0 Å². The summed E-state index contributed by atoms with van der Waals surface area (Å²) in [4.78, 5) is 12.2. The number of amides is 1. The van der Waals surface area contributed by atoms with E-state index in [0.717, 1.165) is 28.1 Å². The van der Waals surface area contributed by atoms with E-state index in [1.165, 1.54) is 0 Å². The number of nitrogens with one attached hydrogen (secondary N) is 1. The molecule has 1 amide bonds. The van der Waals surface area contributed by atoms with Crippen LogP contribution in [0.25, 0.3) is 0 Å². The van der Waals surface area contributed by atoms with E-state index in [2.05, 4.69) is 5.32 Å². The molecular weight excluding hydrogens is 300 g/mol. The van der Waals surface area contributed by atoms with E-state index in [4.69, 9.17) is 0 Å². The van der Waals surface area contributed by atoms with Crippen molar-refractivity contribution in [2.45, 2.75) is 46.6 Å². The van der Waals surface area contributed by atoms with E-state index < -0.39 is 10.0 Å². The van der Waals surface area contributed by atoms with Crippen molar-refractivity contribution in [3.63, 3.8) is 0 Å². The second-order valence-electron chi connectivity index (χ2n) is 6.32. The summed E-state index contributed by atoms with van der Waals surface area (Å²) in [6.45, 7) is 9.44. The van der Waals surface area contributed by atoms with Crippen molar-refractivity contribution in [3.05, 3.63) is 29.3 Å². The molecule has 1 N–H and O–H groups in total. The molecule has 1 aromatic carbocycles. The van der Waals surface area contributed by atoms with Crippen LogP contribution >= 0.6 is 0 Å². The molecule has 6 heteroatoms. The van der Waals surface area contributed by atoms with E-state index >= 15 is 0 Å². The largest absolute Gasteiger partial charge is 0.350 e. The molecule has 0 saturated heterocycles. The third-order valence-corrected chi connectivity index (χ3v) is 4.97. The van der Waals surface area contributed by atoms with Crippen LogP contribution in [-0.4, -0.2) is 32.7 Å². The van der Waals surface area contributed by atoms with E-state index in [0.29, 0.717) is 5.69 Å². The quantitative estimate of drug-likeness (QED) is 0.873. The van der Waals surface area contributed by atoms with Crippen LogP contribution in [0.5, 0.6) is 0 Å². The summed E-state index contributed by atoms with van der Waals surface area (Å²) in [6.07, 6.45) is 1.88. The fourth-order valence-corrected chi connectivity index (χ4v) is 2.76. The van der Waals surface area contributed by atoms with Gasteiger partial charge in [0.25, 0.3) is 0 Å². The lowest BCUT2D eigenvalue weighted by Gasteiger charge is -2.28. The topological polar surface area (TPSA) is 66.5 Å². The average molecular weight is 326 g/mol. The first-order valence-electron chi connectivity index (χ1n) is 7.32. The van der Waals surface area contributed by atoms with Crippen molar-refractivity contribution in [2.24, 2.45) is 0 Å². The molecule has 0 bridgehead atoms. The Morgan fingerprint density at radius 2 is 1.82 bits per heavy atom. The third kappa shape index (κ3) is 5.02. The van der Waals surface area contributed by atoms with Gasteiger partial charge in [0, 0.05) is 5.54 Å². The molecule has 0 unspecified atom stereocenters. The Labute approximate surface area is 133 Å². The monoisotopic (exact) mass is 326 g/mol. The van der Waals surface area contributed by atoms with Crippen LogP contribution in [0.4, 0.5) is 5.69 Å². The molecule has 0 aliphatic heterocycles. The molecule has 22 heavy (non-hydrogen) atoms. The average Bonchev–Trinajstić information content (AvgIpc) is 2.37. The molecule has 0 heterocycles. The molecule has 0 aliphatic rings. The van der Waals surface area contributed by atoms with Gasteiger partial charge in [0.05, 0.1) is 11.9 Å². The second-order valence-corrected chi connectivity index (χ2v) is 8.23. The number of carbonyl (C=O) groups excluding carboxylic acids is 1. The van der Waals surface area contributed by atoms with Gasteiger partial charge in [-0.15, -0.1) is 0 Å². The van der Waals surface area contributed by atoms with Gasteiger partial charge in [0.1, 0.15) is 6.54 Å².